The number of amides is 2. The van der Waals surface area contributed by atoms with Crippen LogP contribution in [0.4, 0.5) is 4.79 Å². The lowest BCUT2D eigenvalue weighted by Crippen LogP contribution is -2.42. The van der Waals surface area contributed by atoms with E-state index in [1.807, 2.05) is 0 Å². The normalized spacial score (nSPS) is 13.1. The van der Waals surface area contributed by atoms with Gasteiger partial charge < -0.3 is 15.3 Å². The number of hydrogen-bond donors (Lipinski definition) is 3. The van der Waals surface area contributed by atoms with Crippen molar-refractivity contribution in [1.29, 1.82) is 0 Å². The maximum atomic E-state index is 12.6. The number of carbonyl (C=O) groups excluding carboxylic acids is 1. The third-order valence-electron chi connectivity index (χ3n) is 3.45. The summed E-state index contributed by atoms with van der Waals surface area (Å²) in [5, 5.41) is 11.5. The number of carboxylic acids is 1. The first-order valence-electron chi connectivity index (χ1n) is 8.17. The van der Waals surface area contributed by atoms with Gasteiger partial charge in [0.15, 0.2) is 0 Å². The van der Waals surface area contributed by atoms with Crippen LogP contribution in [0.5, 0.6) is 0 Å². The van der Waals surface area contributed by atoms with E-state index in [1.54, 1.807) is 39.0 Å². The first-order chi connectivity index (χ1) is 11.8. The van der Waals surface area contributed by atoms with Crippen LogP contribution in [0, 0.1) is 5.92 Å². The number of aliphatic carboxylic acids is 1. The molecule has 0 aromatic heterocycles. The summed E-state index contributed by atoms with van der Waals surface area (Å²) in [7, 11) is -2.25. The summed E-state index contributed by atoms with van der Waals surface area (Å²) in [4.78, 5) is 24.3. The fourth-order valence-electron chi connectivity index (χ4n) is 2.25. The van der Waals surface area contributed by atoms with E-state index in [4.69, 9.17) is 5.11 Å². The summed E-state index contributed by atoms with van der Waals surface area (Å²) in [6, 6.07) is 5.93. The number of rotatable bonds is 7. The van der Waals surface area contributed by atoms with Crippen molar-refractivity contribution in [2.75, 3.05) is 13.6 Å². The van der Waals surface area contributed by atoms with Crippen molar-refractivity contribution in [3.8, 4) is 0 Å². The van der Waals surface area contributed by atoms with Crippen LogP contribution in [-0.2, 0) is 21.4 Å². The van der Waals surface area contributed by atoms with Crippen molar-refractivity contribution in [3.05, 3.63) is 29.8 Å². The molecule has 1 aromatic rings. The quantitative estimate of drug-likeness (QED) is 0.660. The molecule has 0 radical (unpaired) electrons. The minimum absolute atomic E-state index is 0.00581. The predicted molar refractivity (Wildman–Crippen MR) is 98.2 cm³/mol. The van der Waals surface area contributed by atoms with Gasteiger partial charge in [0.2, 0.25) is 10.0 Å². The summed E-state index contributed by atoms with van der Waals surface area (Å²) in [6.07, 6.45) is 0. The molecule has 0 saturated carbocycles. The number of benzene rings is 1. The van der Waals surface area contributed by atoms with Gasteiger partial charge in [-0.1, -0.05) is 25.1 Å². The zero-order valence-corrected chi connectivity index (χ0v) is 16.6. The molecule has 1 rings (SSSR count). The van der Waals surface area contributed by atoms with Crippen molar-refractivity contribution < 1.29 is 23.1 Å². The van der Waals surface area contributed by atoms with Crippen LogP contribution >= 0.6 is 0 Å². The second kappa shape index (κ2) is 8.50. The third kappa shape index (κ3) is 6.64. The highest BCUT2D eigenvalue weighted by atomic mass is 32.2. The number of nitrogens with zero attached hydrogens (tertiary/aromatic N) is 1. The second-order valence-electron chi connectivity index (χ2n) is 7.24. The summed E-state index contributed by atoms with van der Waals surface area (Å²) in [6.45, 7) is 6.79. The first kappa shape index (κ1) is 21.9. The lowest BCUT2D eigenvalue weighted by Gasteiger charge is -2.22. The number of nitrogens with one attached hydrogen (secondary N) is 2. The number of urea groups is 1. The van der Waals surface area contributed by atoms with Gasteiger partial charge in [0.1, 0.15) is 0 Å². The lowest BCUT2D eigenvalue weighted by molar-refractivity contribution is -0.141. The number of carboxylic acid groups (broad SMARTS) is 1. The van der Waals surface area contributed by atoms with E-state index in [-0.39, 0.29) is 18.0 Å². The standard InChI is InChI=1S/C17H27N3O5S/c1-12(15(21)22)11-20(5)16(23)18-10-13-8-6-7-9-14(13)26(24,25)19-17(2,3)4/h6-9,12,19H,10-11H2,1-5H3,(H,18,23)(H,21,22). The van der Waals surface area contributed by atoms with Crippen LogP contribution in [0.1, 0.15) is 33.3 Å². The van der Waals surface area contributed by atoms with Crippen molar-refractivity contribution in [3.63, 3.8) is 0 Å². The van der Waals surface area contributed by atoms with Gasteiger partial charge >= 0.3 is 12.0 Å². The average molecular weight is 385 g/mol. The molecule has 0 heterocycles. The molecule has 1 unspecified atom stereocenters. The summed E-state index contributed by atoms with van der Waals surface area (Å²) >= 11 is 0. The Bertz CT molecular complexity index is 756. The van der Waals surface area contributed by atoms with Crippen LogP contribution in [0.2, 0.25) is 0 Å². The van der Waals surface area contributed by atoms with Gasteiger partial charge in [-0.05, 0) is 32.4 Å². The van der Waals surface area contributed by atoms with E-state index in [0.717, 1.165) is 0 Å². The van der Waals surface area contributed by atoms with Gasteiger partial charge in [-0.3, -0.25) is 4.79 Å². The minimum Gasteiger partial charge on any atom is -0.481 e. The zero-order valence-electron chi connectivity index (χ0n) is 15.7. The highest BCUT2D eigenvalue weighted by Crippen LogP contribution is 2.17. The van der Waals surface area contributed by atoms with E-state index in [0.29, 0.717) is 5.56 Å². The number of carbonyl (C=O) groups is 2. The van der Waals surface area contributed by atoms with Gasteiger partial charge in [-0.25, -0.2) is 17.9 Å². The largest absolute Gasteiger partial charge is 0.481 e. The van der Waals surface area contributed by atoms with Gasteiger partial charge in [-0.2, -0.15) is 0 Å². The maximum absolute atomic E-state index is 12.6. The smallest absolute Gasteiger partial charge is 0.317 e. The molecule has 0 fully saturated rings. The SMILES string of the molecule is CC(CN(C)C(=O)NCc1ccccc1S(=O)(=O)NC(C)(C)C)C(=O)O. The van der Waals surface area contributed by atoms with Gasteiger partial charge in [0, 0.05) is 25.7 Å². The van der Waals surface area contributed by atoms with E-state index >= 15 is 0 Å². The van der Waals surface area contributed by atoms with Gasteiger partial charge in [0.05, 0.1) is 10.8 Å². The maximum Gasteiger partial charge on any atom is 0.317 e. The van der Waals surface area contributed by atoms with Gasteiger partial charge in [0.25, 0.3) is 0 Å². The molecule has 0 aliphatic carbocycles. The molecule has 0 aliphatic heterocycles. The van der Waals surface area contributed by atoms with Crippen molar-refractivity contribution in [2.45, 2.75) is 44.7 Å². The van der Waals surface area contributed by atoms with E-state index in [1.165, 1.54) is 24.9 Å². The average Bonchev–Trinajstić information content (AvgIpc) is 2.50. The Morgan fingerprint density at radius 2 is 1.81 bits per heavy atom. The monoisotopic (exact) mass is 385 g/mol. The molecular formula is C17H27N3O5S. The summed E-state index contributed by atoms with van der Waals surface area (Å²) in [5.41, 5.74) is -0.195. The van der Waals surface area contributed by atoms with Crippen LogP contribution in [0.15, 0.2) is 29.2 Å². The number of sulfonamides is 1. The van der Waals surface area contributed by atoms with Crippen LogP contribution in [0.25, 0.3) is 0 Å². The second-order valence-corrected chi connectivity index (χ2v) is 8.89. The van der Waals surface area contributed by atoms with Crippen LogP contribution in [-0.4, -0.2) is 49.6 Å². The Balaban J connectivity index is 2.86. The van der Waals surface area contributed by atoms with Gasteiger partial charge in [-0.15, -0.1) is 0 Å². The Morgan fingerprint density at radius 1 is 1.23 bits per heavy atom. The molecule has 1 aromatic carbocycles. The highest BCUT2D eigenvalue weighted by molar-refractivity contribution is 7.89. The molecule has 1 atom stereocenters. The summed E-state index contributed by atoms with van der Waals surface area (Å²) in [5.74, 6) is -1.69. The van der Waals surface area contributed by atoms with Crippen LogP contribution in [0.3, 0.4) is 0 Å². The van der Waals surface area contributed by atoms with E-state index in [2.05, 4.69) is 10.0 Å². The van der Waals surface area contributed by atoms with E-state index in [9.17, 15) is 18.0 Å². The molecule has 26 heavy (non-hydrogen) atoms. The summed E-state index contributed by atoms with van der Waals surface area (Å²) < 4.78 is 27.7. The Hall–Kier alpha value is -2.13. The third-order valence-corrected chi connectivity index (χ3v) is 5.31. The Morgan fingerprint density at radius 3 is 2.35 bits per heavy atom. The topological polar surface area (TPSA) is 116 Å². The molecule has 146 valence electrons. The van der Waals surface area contributed by atoms with E-state index < -0.39 is 33.5 Å². The fourth-order valence-corrected chi connectivity index (χ4v) is 3.91. The molecule has 2 amide bonds. The van der Waals surface area contributed by atoms with Crippen molar-refractivity contribution in [2.24, 2.45) is 5.92 Å². The lowest BCUT2D eigenvalue weighted by atomic mass is 10.1. The molecule has 0 aliphatic rings. The van der Waals surface area contributed by atoms with Crippen molar-refractivity contribution >= 4 is 22.0 Å². The Labute approximate surface area is 154 Å². The molecule has 9 heteroatoms. The van der Waals surface area contributed by atoms with Crippen LogP contribution < -0.4 is 10.0 Å². The minimum atomic E-state index is -3.74. The fraction of sp³-hybridized carbons (Fsp3) is 0.529. The first-order valence-corrected chi connectivity index (χ1v) is 9.65. The molecule has 8 nitrogen and oxygen atoms in total. The predicted octanol–water partition coefficient (Wildman–Crippen LogP) is 1.63. The molecule has 0 bridgehead atoms. The molecule has 0 saturated heterocycles. The number of hydrogen-bond acceptors (Lipinski definition) is 4. The molecule has 3 N–H and O–H groups in total. The molecule has 0 spiro atoms. The highest BCUT2D eigenvalue weighted by Gasteiger charge is 2.24. The molecular weight excluding hydrogens is 358 g/mol. The Kier molecular flexibility index (Phi) is 7.16. The van der Waals surface area contributed by atoms with Crippen molar-refractivity contribution in [1.82, 2.24) is 14.9 Å². The zero-order chi connectivity index (χ0) is 20.1.